The van der Waals surface area contributed by atoms with E-state index < -0.39 is 5.97 Å². The highest BCUT2D eigenvalue weighted by Crippen LogP contribution is 2.33. The van der Waals surface area contributed by atoms with Crippen molar-refractivity contribution in [1.82, 2.24) is 0 Å². The summed E-state index contributed by atoms with van der Waals surface area (Å²) in [6.07, 6.45) is 0.744. The molecule has 1 N–H and O–H groups in total. The molecule has 0 spiro atoms. The van der Waals surface area contributed by atoms with Crippen molar-refractivity contribution in [3.05, 3.63) is 38.8 Å². The molecule has 3 nitrogen and oxygen atoms in total. The molecule has 6 heteroatoms. The summed E-state index contributed by atoms with van der Waals surface area (Å²) >= 11 is 17.3. The smallest absolute Gasteiger partial charge is 0.329 e. The van der Waals surface area contributed by atoms with E-state index in [4.69, 9.17) is 45.2 Å². The molecule has 0 aliphatic heterocycles. The first-order valence-corrected chi connectivity index (χ1v) is 5.08. The lowest BCUT2D eigenvalue weighted by atomic mass is 10.1. The molecule has 0 aliphatic rings. The molecule has 0 aliphatic carbocycles. The van der Waals surface area contributed by atoms with E-state index in [1.54, 1.807) is 6.07 Å². The molecule has 0 aromatic heterocycles. The molecule has 1 rings (SSSR count). The van der Waals surface area contributed by atoms with E-state index in [1.807, 2.05) is 0 Å². The van der Waals surface area contributed by atoms with Crippen molar-refractivity contribution in [2.24, 2.45) is 0 Å². The largest absolute Gasteiger partial charge is 0.478 e. The van der Waals surface area contributed by atoms with Gasteiger partial charge in [-0.2, -0.15) is 5.26 Å². The zero-order valence-electron chi connectivity index (χ0n) is 7.67. The van der Waals surface area contributed by atoms with Gasteiger partial charge in [0.15, 0.2) is 0 Å². The molecular formula is C10H4Cl3NO2. The van der Waals surface area contributed by atoms with Crippen molar-refractivity contribution in [3.8, 4) is 6.07 Å². The van der Waals surface area contributed by atoms with Gasteiger partial charge in [0.2, 0.25) is 0 Å². The summed E-state index contributed by atoms with van der Waals surface area (Å²) in [6.45, 7) is 0. The minimum absolute atomic E-state index is 0.0973. The summed E-state index contributed by atoms with van der Waals surface area (Å²) in [4.78, 5) is 10.5. The Morgan fingerprint density at radius 2 is 2.00 bits per heavy atom. The number of nitrogens with zero attached hydrogens (tertiary/aromatic N) is 1. The van der Waals surface area contributed by atoms with Crippen LogP contribution in [0.15, 0.2) is 18.2 Å². The maximum atomic E-state index is 10.5. The Morgan fingerprint density at radius 1 is 1.38 bits per heavy atom. The molecule has 0 radical (unpaired) electrons. The van der Waals surface area contributed by atoms with Crippen LogP contribution in [0.1, 0.15) is 5.56 Å². The van der Waals surface area contributed by atoms with Gasteiger partial charge in [-0.1, -0.05) is 34.8 Å². The number of carbonyl (C=O) groups is 1. The van der Waals surface area contributed by atoms with Crippen LogP contribution in [-0.2, 0) is 4.79 Å². The van der Waals surface area contributed by atoms with Gasteiger partial charge in [0.1, 0.15) is 6.07 Å². The fourth-order valence-electron chi connectivity index (χ4n) is 1.05. The SMILES string of the molecule is N#CC(=CC(=O)O)c1cc(Cl)cc(Cl)c1Cl. The topological polar surface area (TPSA) is 61.1 Å². The maximum Gasteiger partial charge on any atom is 0.329 e. The molecule has 1 aromatic carbocycles. The number of allylic oxidation sites excluding steroid dienone is 1. The molecule has 16 heavy (non-hydrogen) atoms. The summed E-state index contributed by atoms with van der Waals surface area (Å²) in [7, 11) is 0. The van der Waals surface area contributed by atoms with E-state index in [9.17, 15) is 4.79 Å². The molecule has 0 unspecified atom stereocenters. The Bertz CT molecular complexity index is 518. The molecule has 0 atom stereocenters. The standard InChI is InChI=1S/C10H4Cl3NO2/c11-6-2-7(10(13)8(12)3-6)5(4-14)1-9(15)16/h1-3H,(H,15,16). The van der Waals surface area contributed by atoms with E-state index in [0.717, 1.165) is 6.08 Å². The summed E-state index contributed by atoms with van der Waals surface area (Å²) in [5.41, 5.74) is 0.0889. The fraction of sp³-hybridized carbons (Fsp3) is 0. The van der Waals surface area contributed by atoms with Crippen LogP contribution in [0, 0.1) is 11.3 Å². The van der Waals surface area contributed by atoms with E-state index >= 15 is 0 Å². The summed E-state index contributed by atoms with van der Waals surface area (Å²) in [5, 5.41) is 17.9. The van der Waals surface area contributed by atoms with Crippen LogP contribution in [0.25, 0.3) is 5.57 Å². The van der Waals surface area contributed by atoms with Gasteiger partial charge in [-0.05, 0) is 12.1 Å². The van der Waals surface area contributed by atoms with Crippen LogP contribution in [0.5, 0.6) is 0 Å². The number of nitriles is 1. The van der Waals surface area contributed by atoms with E-state index in [1.165, 1.54) is 12.1 Å². The summed E-state index contributed by atoms with van der Waals surface area (Å²) in [5.74, 6) is -1.25. The Labute approximate surface area is 106 Å². The first kappa shape index (κ1) is 12.9. The lowest BCUT2D eigenvalue weighted by molar-refractivity contribution is -0.131. The third-order valence-electron chi connectivity index (χ3n) is 1.67. The molecule has 0 amide bonds. The molecule has 0 saturated heterocycles. The van der Waals surface area contributed by atoms with Crippen molar-refractivity contribution in [2.75, 3.05) is 0 Å². The van der Waals surface area contributed by atoms with Gasteiger partial charge < -0.3 is 5.11 Å². The zero-order valence-corrected chi connectivity index (χ0v) is 9.94. The number of rotatable bonds is 2. The maximum absolute atomic E-state index is 10.5. The van der Waals surface area contributed by atoms with Crippen molar-refractivity contribution in [3.63, 3.8) is 0 Å². The number of hydrogen-bond donors (Lipinski definition) is 1. The second-order valence-electron chi connectivity index (χ2n) is 2.76. The van der Waals surface area contributed by atoms with Crippen LogP contribution in [0.2, 0.25) is 15.1 Å². The Balaban J connectivity index is 3.43. The van der Waals surface area contributed by atoms with Crippen LogP contribution in [-0.4, -0.2) is 11.1 Å². The van der Waals surface area contributed by atoms with Crippen LogP contribution >= 0.6 is 34.8 Å². The van der Waals surface area contributed by atoms with Crippen LogP contribution in [0.4, 0.5) is 0 Å². The van der Waals surface area contributed by atoms with Gasteiger partial charge >= 0.3 is 5.97 Å². The number of halogens is 3. The monoisotopic (exact) mass is 275 g/mol. The minimum atomic E-state index is -1.25. The van der Waals surface area contributed by atoms with Crippen LogP contribution < -0.4 is 0 Å². The molecule has 1 aromatic rings. The second-order valence-corrected chi connectivity index (χ2v) is 3.98. The Morgan fingerprint density at radius 3 is 2.50 bits per heavy atom. The molecule has 0 bridgehead atoms. The fourth-order valence-corrected chi connectivity index (χ4v) is 1.75. The van der Waals surface area contributed by atoms with Crippen molar-refractivity contribution in [2.45, 2.75) is 0 Å². The molecule has 82 valence electrons. The predicted molar refractivity (Wildman–Crippen MR) is 62.7 cm³/mol. The molecular weight excluding hydrogens is 272 g/mol. The second kappa shape index (κ2) is 5.22. The number of carboxylic acids is 1. The van der Waals surface area contributed by atoms with E-state index in [2.05, 4.69) is 0 Å². The number of hydrogen-bond acceptors (Lipinski definition) is 2. The highest BCUT2D eigenvalue weighted by atomic mass is 35.5. The average Bonchev–Trinajstić information content (AvgIpc) is 2.20. The van der Waals surface area contributed by atoms with Crippen LogP contribution in [0.3, 0.4) is 0 Å². The predicted octanol–water partition coefficient (Wildman–Crippen LogP) is 3.64. The number of aliphatic carboxylic acids is 1. The first-order valence-electron chi connectivity index (χ1n) is 3.95. The quantitative estimate of drug-likeness (QED) is 0.509. The summed E-state index contributed by atoms with van der Waals surface area (Å²) in [6, 6.07) is 4.51. The highest BCUT2D eigenvalue weighted by Gasteiger charge is 2.12. The van der Waals surface area contributed by atoms with Crippen molar-refractivity contribution >= 4 is 46.3 Å². The number of benzene rings is 1. The highest BCUT2D eigenvalue weighted by molar-refractivity contribution is 6.44. The third kappa shape index (κ3) is 2.89. The van der Waals surface area contributed by atoms with E-state index in [-0.39, 0.29) is 26.2 Å². The molecule has 0 heterocycles. The molecule has 0 saturated carbocycles. The van der Waals surface area contributed by atoms with Gasteiger partial charge in [0, 0.05) is 16.7 Å². The Hall–Kier alpha value is -1.21. The van der Waals surface area contributed by atoms with Crippen molar-refractivity contribution in [1.29, 1.82) is 5.26 Å². The first-order chi connectivity index (χ1) is 7.45. The minimum Gasteiger partial charge on any atom is -0.478 e. The zero-order chi connectivity index (χ0) is 12.3. The van der Waals surface area contributed by atoms with Gasteiger partial charge in [0.25, 0.3) is 0 Å². The number of carboxylic acid groups (broad SMARTS) is 1. The lowest BCUT2D eigenvalue weighted by Gasteiger charge is -2.04. The molecule has 0 fully saturated rings. The van der Waals surface area contributed by atoms with Gasteiger partial charge in [-0.3, -0.25) is 0 Å². The normalized spacial score (nSPS) is 11.0. The van der Waals surface area contributed by atoms with Gasteiger partial charge in [-0.25, -0.2) is 4.79 Å². The third-order valence-corrected chi connectivity index (χ3v) is 2.69. The average molecular weight is 277 g/mol. The van der Waals surface area contributed by atoms with E-state index in [0.29, 0.717) is 0 Å². The van der Waals surface area contributed by atoms with Crippen molar-refractivity contribution < 1.29 is 9.90 Å². The lowest BCUT2D eigenvalue weighted by Crippen LogP contribution is -1.92. The van der Waals surface area contributed by atoms with Gasteiger partial charge in [0.05, 0.1) is 15.6 Å². The Kier molecular flexibility index (Phi) is 4.19. The summed E-state index contributed by atoms with van der Waals surface area (Å²) < 4.78 is 0. The van der Waals surface area contributed by atoms with Gasteiger partial charge in [-0.15, -0.1) is 0 Å².